The fraction of sp³-hybridized carbons (Fsp3) is 0.667. The molecular formula is C18H30N2. The van der Waals surface area contributed by atoms with Gasteiger partial charge in [0.2, 0.25) is 0 Å². The molecule has 0 spiro atoms. The Labute approximate surface area is 124 Å². The first-order chi connectivity index (χ1) is 9.47. The maximum Gasteiger partial charge on any atom is 0.0412 e. The van der Waals surface area contributed by atoms with E-state index >= 15 is 0 Å². The Morgan fingerprint density at radius 3 is 2.65 bits per heavy atom. The summed E-state index contributed by atoms with van der Waals surface area (Å²) < 4.78 is 0. The van der Waals surface area contributed by atoms with Crippen molar-refractivity contribution < 1.29 is 0 Å². The zero-order valence-corrected chi connectivity index (χ0v) is 13.7. The summed E-state index contributed by atoms with van der Waals surface area (Å²) in [6, 6.07) is 7.43. The van der Waals surface area contributed by atoms with Crippen LogP contribution in [0.4, 0.5) is 5.69 Å². The van der Waals surface area contributed by atoms with Gasteiger partial charge in [-0.25, -0.2) is 0 Å². The molecule has 112 valence electrons. The number of hydrogen-bond donors (Lipinski definition) is 1. The van der Waals surface area contributed by atoms with E-state index in [1.807, 2.05) is 0 Å². The van der Waals surface area contributed by atoms with Gasteiger partial charge in [0.15, 0.2) is 0 Å². The third kappa shape index (κ3) is 3.76. The molecule has 2 heteroatoms. The lowest BCUT2D eigenvalue weighted by Gasteiger charge is -2.38. The second kappa shape index (κ2) is 6.62. The van der Waals surface area contributed by atoms with E-state index in [0.29, 0.717) is 6.04 Å². The molecule has 2 nitrogen and oxygen atoms in total. The average molecular weight is 274 g/mol. The Bertz CT molecular complexity index is 439. The zero-order chi connectivity index (χ0) is 14.7. The second-order valence-electron chi connectivity index (χ2n) is 6.86. The van der Waals surface area contributed by atoms with Crippen LogP contribution in [-0.2, 0) is 6.54 Å². The topological polar surface area (TPSA) is 15.3 Å². The van der Waals surface area contributed by atoms with Crippen molar-refractivity contribution in [2.45, 2.75) is 53.6 Å². The summed E-state index contributed by atoms with van der Waals surface area (Å²) in [6.07, 6.45) is 1.31. The SMILES string of the molecule is Cc1ccc(N2CCC(C)C(C)C2)c(CNC(C)C)c1. The van der Waals surface area contributed by atoms with Crippen LogP contribution in [0.3, 0.4) is 0 Å². The first-order valence-corrected chi connectivity index (χ1v) is 8.05. The van der Waals surface area contributed by atoms with Gasteiger partial charge in [0.05, 0.1) is 0 Å². The highest BCUT2D eigenvalue weighted by Crippen LogP contribution is 2.29. The minimum atomic E-state index is 0.531. The summed E-state index contributed by atoms with van der Waals surface area (Å²) in [5.74, 6) is 1.64. The van der Waals surface area contributed by atoms with Gasteiger partial charge in [-0.15, -0.1) is 0 Å². The van der Waals surface area contributed by atoms with E-state index in [0.717, 1.165) is 18.4 Å². The lowest BCUT2D eigenvalue weighted by atomic mass is 9.88. The molecule has 1 fully saturated rings. The molecule has 0 aliphatic carbocycles. The molecule has 0 aromatic heterocycles. The second-order valence-corrected chi connectivity index (χ2v) is 6.86. The van der Waals surface area contributed by atoms with Gasteiger partial charge in [0.1, 0.15) is 0 Å². The minimum absolute atomic E-state index is 0.531. The molecule has 2 unspecified atom stereocenters. The number of benzene rings is 1. The standard InChI is InChI=1S/C18H30N2/c1-13(2)19-11-17-10-14(3)6-7-18(17)20-9-8-15(4)16(5)12-20/h6-7,10,13,15-16,19H,8-9,11-12H2,1-5H3. The van der Waals surface area contributed by atoms with Crippen molar-refractivity contribution >= 4 is 5.69 Å². The normalized spacial score (nSPS) is 23.4. The van der Waals surface area contributed by atoms with Crippen molar-refractivity contribution in [3.63, 3.8) is 0 Å². The lowest BCUT2D eigenvalue weighted by Crippen LogP contribution is -2.39. The summed E-state index contributed by atoms with van der Waals surface area (Å²) in [4.78, 5) is 2.58. The van der Waals surface area contributed by atoms with Crippen LogP contribution in [0.15, 0.2) is 18.2 Å². The third-order valence-corrected chi connectivity index (χ3v) is 4.61. The maximum absolute atomic E-state index is 3.56. The van der Waals surface area contributed by atoms with Crippen LogP contribution >= 0.6 is 0 Å². The third-order valence-electron chi connectivity index (χ3n) is 4.61. The van der Waals surface area contributed by atoms with Crippen LogP contribution in [0.2, 0.25) is 0 Å². The molecule has 0 radical (unpaired) electrons. The number of nitrogens with zero attached hydrogens (tertiary/aromatic N) is 1. The van der Waals surface area contributed by atoms with Gasteiger partial charge in [-0.1, -0.05) is 45.4 Å². The Kier molecular flexibility index (Phi) is 5.09. The predicted molar refractivity (Wildman–Crippen MR) is 88.3 cm³/mol. The van der Waals surface area contributed by atoms with Gasteiger partial charge in [-0.2, -0.15) is 0 Å². The van der Waals surface area contributed by atoms with E-state index in [1.54, 1.807) is 0 Å². The first kappa shape index (κ1) is 15.4. The van der Waals surface area contributed by atoms with Crippen LogP contribution in [0.25, 0.3) is 0 Å². The molecule has 1 heterocycles. The Morgan fingerprint density at radius 1 is 1.25 bits per heavy atom. The van der Waals surface area contributed by atoms with Gasteiger partial charge in [-0.3, -0.25) is 0 Å². The summed E-state index contributed by atoms with van der Waals surface area (Å²) in [5, 5.41) is 3.56. The summed E-state index contributed by atoms with van der Waals surface area (Å²) in [7, 11) is 0. The first-order valence-electron chi connectivity index (χ1n) is 8.05. The quantitative estimate of drug-likeness (QED) is 0.893. The highest BCUT2D eigenvalue weighted by Gasteiger charge is 2.24. The molecule has 1 saturated heterocycles. The van der Waals surface area contributed by atoms with Gasteiger partial charge in [0, 0.05) is 31.4 Å². The van der Waals surface area contributed by atoms with Crippen molar-refractivity contribution in [1.82, 2.24) is 5.32 Å². The Hall–Kier alpha value is -1.02. The van der Waals surface area contributed by atoms with E-state index in [2.05, 4.69) is 63.0 Å². The Morgan fingerprint density at radius 2 is 2.00 bits per heavy atom. The number of hydrogen-bond acceptors (Lipinski definition) is 2. The summed E-state index contributed by atoms with van der Waals surface area (Å²) in [5.41, 5.74) is 4.23. The Balaban J connectivity index is 2.17. The zero-order valence-electron chi connectivity index (χ0n) is 13.7. The van der Waals surface area contributed by atoms with Crippen LogP contribution in [0, 0.1) is 18.8 Å². The maximum atomic E-state index is 3.56. The number of aryl methyl sites for hydroxylation is 1. The van der Waals surface area contributed by atoms with Crippen molar-refractivity contribution in [2.24, 2.45) is 11.8 Å². The molecule has 0 saturated carbocycles. The number of nitrogens with one attached hydrogen (secondary N) is 1. The molecule has 1 aliphatic heterocycles. The van der Waals surface area contributed by atoms with Crippen LogP contribution in [-0.4, -0.2) is 19.1 Å². The minimum Gasteiger partial charge on any atom is -0.371 e. The smallest absolute Gasteiger partial charge is 0.0412 e. The fourth-order valence-electron chi connectivity index (χ4n) is 2.96. The summed E-state index contributed by atoms with van der Waals surface area (Å²) >= 11 is 0. The van der Waals surface area contributed by atoms with Crippen LogP contribution in [0.5, 0.6) is 0 Å². The van der Waals surface area contributed by atoms with Gasteiger partial charge in [-0.05, 0) is 36.8 Å². The van der Waals surface area contributed by atoms with Gasteiger partial charge < -0.3 is 10.2 Å². The monoisotopic (exact) mass is 274 g/mol. The number of anilines is 1. The molecule has 20 heavy (non-hydrogen) atoms. The van der Waals surface area contributed by atoms with E-state index in [9.17, 15) is 0 Å². The number of rotatable bonds is 4. The average Bonchev–Trinajstić information content (AvgIpc) is 2.40. The molecule has 1 aromatic carbocycles. The highest BCUT2D eigenvalue weighted by atomic mass is 15.1. The highest BCUT2D eigenvalue weighted by molar-refractivity contribution is 5.55. The summed E-state index contributed by atoms with van der Waals surface area (Å²) in [6.45, 7) is 14.7. The number of piperidine rings is 1. The van der Waals surface area contributed by atoms with Gasteiger partial charge >= 0.3 is 0 Å². The molecule has 1 N–H and O–H groups in total. The van der Waals surface area contributed by atoms with Crippen molar-refractivity contribution in [2.75, 3.05) is 18.0 Å². The van der Waals surface area contributed by atoms with Crippen molar-refractivity contribution in [3.8, 4) is 0 Å². The van der Waals surface area contributed by atoms with Crippen LogP contribution in [0.1, 0.15) is 45.2 Å². The molecule has 1 aliphatic rings. The molecule has 0 amide bonds. The molecule has 0 bridgehead atoms. The van der Waals surface area contributed by atoms with E-state index in [1.165, 1.54) is 36.3 Å². The lowest BCUT2D eigenvalue weighted by molar-refractivity contribution is 0.323. The molecule has 1 aromatic rings. The predicted octanol–water partition coefficient (Wildman–Crippen LogP) is 3.98. The van der Waals surface area contributed by atoms with E-state index in [4.69, 9.17) is 0 Å². The van der Waals surface area contributed by atoms with E-state index < -0.39 is 0 Å². The largest absolute Gasteiger partial charge is 0.371 e. The molecular weight excluding hydrogens is 244 g/mol. The van der Waals surface area contributed by atoms with E-state index in [-0.39, 0.29) is 0 Å². The fourth-order valence-corrected chi connectivity index (χ4v) is 2.96. The van der Waals surface area contributed by atoms with Gasteiger partial charge in [0.25, 0.3) is 0 Å². The molecule has 2 atom stereocenters. The van der Waals surface area contributed by atoms with Crippen LogP contribution < -0.4 is 10.2 Å². The van der Waals surface area contributed by atoms with Crippen molar-refractivity contribution in [1.29, 1.82) is 0 Å². The van der Waals surface area contributed by atoms with Crippen molar-refractivity contribution in [3.05, 3.63) is 29.3 Å². The molecule has 2 rings (SSSR count).